The van der Waals surface area contributed by atoms with E-state index in [0.717, 1.165) is 0 Å². The van der Waals surface area contributed by atoms with E-state index in [9.17, 15) is 9.59 Å². The van der Waals surface area contributed by atoms with Gasteiger partial charge in [0.2, 0.25) is 11.8 Å². The van der Waals surface area contributed by atoms with Crippen LogP contribution in [0.2, 0.25) is 0 Å². The van der Waals surface area contributed by atoms with E-state index in [1.807, 2.05) is 18.4 Å². The molecule has 1 N–H and O–H groups in total. The molecular formula is C14H20N2O2S. The van der Waals surface area contributed by atoms with Gasteiger partial charge in [-0.25, -0.2) is 0 Å². The summed E-state index contributed by atoms with van der Waals surface area (Å²) in [6.07, 6.45) is 0.639. The Balaban J connectivity index is 2.13. The maximum absolute atomic E-state index is 12.3. The molecule has 0 spiro atoms. The highest BCUT2D eigenvalue weighted by molar-refractivity contribution is 7.10. The van der Waals surface area contributed by atoms with Crippen LogP contribution in [-0.2, 0) is 15.0 Å². The van der Waals surface area contributed by atoms with Crippen molar-refractivity contribution in [2.45, 2.75) is 38.6 Å². The number of thiophene rings is 1. The fourth-order valence-electron chi connectivity index (χ4n) is 2.40. The van der Waals surface area contributed by atoms with Crippen molar-refractivity contribution in [3.63, 3.8) is 0 Å². The predicted molar refractivity (Wildman–Crippen MR) is 76.1 cm³/mol. The third-order valence-electron chi connectivity index (χ3n) is 3.46. The van der Waals surface area contributed by atoms with Gasteiger partial charge >= 0.3 is 0 Å². The van der Waals surface area contributed by atoms with Gasteiger partial charge in [-0.2, -0.15) is 0 Å². The highest BCUT2D eigenvalue weighted by Crippen LogP contribution is 2.29. The third kappa shape index (κ3) is 2.97. The van der Waals surface area contributed by atoms with Gasteiger partial charge in [0.25, 0.3) is 0 Å². The summed E-state index contributed by atoms with van der Waals surface area (Å²) in [5, 5.41) is 4.78. The van der Waals surface area contributed by atoms with E-state index in [1.165, 1.54) is 4.88 Å². The number of hydrogen-bond acceptors (Lipinski definition) is 3. The molecule has 1 aliphatic heterocycles. The Labute approximate surface area is 117 Å². The van der Waals surface area contributed by atoms with Crippen LogP contribution in [0.15, 0.2) is 17.5 Å². The molecule has 5 heteroatoms. The molecule has 1 saturated heterocycles. The molecule has 1 aliphatic rings. The molecule has 2 heterocycles. The summed E-state index contributed by atoms with van der Waals surface area (Å²) in [6.45, 7) is 6.89. The van der Waals surface area contributed by atoms with Crippen LogP contribution in [0.25, 0.3) is 0 Å². The van der Waals surface area contributed by atoms with E-state index in [-0.39, 0.29) is 29.8 Å². The summed E-state index contributed by atoms with van der Waals surface area (Å²) >= 11 is 1.69. The zero-order chi connectivity index (χ0) is 14.0. The average molecular weight is 280 g/mol. The van der Waals surface area contributed by atoms with Gasteiger partial charge in [0.15, 0.2) is 0 Å². The molecule has 1 atom stereocenters. The van der Waals surface area contributed by atoms with Gasteiger partial charge in [-0.1, -0.05) is 26.8 Å². The Morgan fingerprint density at radius 3 is 2.79 bits per heavy atom. The lowest BCUT2D eigenvalue weighted by atomic mass is 9.90. The molecule has 2 rings (SSSR count). The SMILES string of the molecule is CCC1NC(=O)CN(CC(C)(C)c2cccs2)C1=O. The second-order valence-electron chi connectivity index (χ2n) is 5.58. The summed E-state index contributed by atoms with van der Waals surface area (Å²) in [4.78, 5) is 26.8. The molecule has 1 fully saturated rings. The van der Waals surface area contributed by atoms with Crippen LogP contribution >= 0.6 is 11.3 Å². The van der Waals surface area contributed by atoms with Gasteiger partial charge in [0, 0.05) is 16.8 Å². The largest absolute Gasteiger partial charge is 0.343 e. The quantitative estimate of drug-likeness (QED) is 0.913. The first-order valence-electron chi connectivity index (χ1n) is 6.56. The smallest absolute Gasteiger partial charge is 0.245 e. The molecule has 0 aromatic carbocycles. The molecule has 2 amide bonds. The summed E-state index contributed by atoms with van der Waals surface area (Å²) in [7, 11) is 0. The number of nitrogens with zero attached hydrogens (tertiary/aromatic N) is 1. The third-order valence-corrected chi connectivity index (χ3v) is 4.70. The normalized spacial score (nSPS) is 20.6. The molecule has 1 unspecified atom stereocenters. The van der Waals surface area contributed by atoms with Crippen LogP contribution in [0.4, 0.5) is 0 Å². The minimum atomic E-state index is -0.361. The van der Waals surface area contributed by atoms with Crippen LogP contribution in [0.1, 0.15) is 32.1 Å². The van der Waals surface area contributed by atoms with Gasteiger partial charge in [-0.05, 0) is 17.9 Å². The van der Waals surface area contributed by atoms with E-state index >= 15 is 0 Å². The fourth-order valence-corrected chi connectivity index (χ4v) is 3.25. The first-order valence-corrected chi connectivity index (χ1v) is 7.44. The number of hydrogen-bond donors (Lipinski definition) is 1. The van der Waals surface area contributed by atoms with E-state index in [2.05, 4.69) is 25.2 Å². The Morgan fingerprint density at radius 2 is 2.21 bits per heavy atom. The van der Waals surface area contributed by atoms with Crippen molar-refractivity contribution >= 4 is 23.2 Å². The fraction of sp³-hybridized carbons (Fsp3) is 0.571. The Hall–Kier alpha value is -1.36. The lowest BCUT2D eigenvalue weighted by Gasteiger charge is -2.37. The van der Waals surface area contributed by atoms with Crippen molar-refractivity contribution in [3.8, 4) is 0 Å². The first-order chi connectivity index (χ1) is 8.94. The molecule has 19 heavy (non-hydrogen) atoms. The molecule has 0 saturated carbocycles. The van der Waals surface area contributed by atoms with Crippen molar-refractivity contribution in [3.05, 3.63) is 22.4 Å². The Morgan fingerprint density at radius 1 is 1.47 bits per heavy atom. The second kappa shape index (κ2) is 5.33. The number of carbonyl (C=O) groups excluding carboxylic acids is 2. The minimum Gasteiger partial charge on any atom is -0.343 e. The minimum absolute atomic E-state index is 0.0340. The molecule has 4 nitrogen and oxygen atoms in total. The van der Waals surface area contributed by atoms with Gasteiger partial charge in [0.05, 0.1) is 6.54 Å². The number of carbonyl (C=O) groups is 2. The summed E-state index contributed by atoms with van der Waals surface area (Å²) in [6, 6.07) is 3.73. The maximum Gasteiger partial charge on any atom is 0.245 e. The van der Waals surface area contributed by atoms with Crippen molar-refractivity contribution in [2.75, 3.05) is 13.1 Å². The second-order valence-corrected chi connectivity index (χ2v) is 6.53. The summed E-state index contributed by atoms with van der Waals surface area (Å²) < 4.78 is 0. The Kier molecular flexibility index (Phi) is 3.94. The van der Waals surface area contributed by atoms with Crippen LogP contribution in [0, 0.1) is 0 Å². The zero-order valence-electron chi connectivity index (χ0n) is 11.6. The van der Waals surface area contributed by atoms with E-state index < -0.39 is 0 Å². The van der Waals surface area contributed by atoms with Gasteiger partial charge in [0.1, 0.15) is 6.04 Å². The lowest BCUT2D eigenvalue weighted by Crippen LogP contribution is -2.59. The van der Waals surface area contributed by atoms with Crippen molar-refractivity contribution in [2.24, 2.45) is 0 Å². The molecule has 0 radical (unpaired) electrons. The number of rotatable bonds is 4. The summed E-state index contributed by atoms with van der Waals surface area (Å²) in [5.74, 6) is -0.0276. The average Bonchev–Trinajstić information content (AvgIpc) is 2.87. The molecule has 1 aromatic rings. The van der Waals surface area contributed by atoms with Gasteiger partial charge in [-0.3, -0.25) is 9.59 Å². The standard InChI is InChI=1S/C14H20N2O2S/c1-4-10-13(18)16(8-12(17)15-10)9-14(2,3)11-6-5-7-19-11/h5-7,10H,4,8-9H2,1-3H3,(H,15,17). The highest BCUT2D eigenvalue weighted by atomic mass is 32.1. The highest BCUT2D eigenvalue weighted by Gasteiger charge is 2.35. The van der Waals surface area contributed by atoms with Crippen molar-refractivity contribution in [1.29, 1.82) is 0 Å². The van der Waals surface area contributed by atoms with E-state index in [0.29, 0.717) is 13.0 Å². The zero-order valence-corrected chi connectivity index (χ0v) is 12.4. The monoisotopic (exact) mass is 280 g/mol. The molecule has 0 aliphatic carbocycles. The van der Waals surface area contributed by atoms with E-state index in [1.54, 1.807) is 16.2 Å². The Bertz CT molecular complexity index is 468. The molecule has 1 aromatic heterocycles. The predicted octanol–water partition coefficient (Wildman–Crippen LogP) is 1.76. The topological polar surface area (TPSA) is 49.4 Å². The number of nitrogens with one attached hydrogen (secondary N) is 1. The van der Waals surface area contributed by atoms with Crippen LogP contribution in [-0.4, -0.2) is 35.8 Å². The lowest BCUT2D eigenvalue weighted by molar-refractivity contribution is -0.145. The van der Waals surface area contributed by atoms with E-state index in [4.69, 9.17) is 0 Å². The van der Waals surface area contributed by atoms with Crippen molar-refractivity contribution in [1.82, 2.24) is 10.2 Å². The number of piperazine rings is 1. The number of amides is 2. The van der Waals surface area contributed by atoms with Crippen molar-refractivity contribution < 1.29 is 9.59 Å². The van der Waals surface area contributed by atoms with Gasteiger partial charge < -0.3 is 10.2 Å². The molecular weight excluding hydrogens is 260 g/mol. The van der Waals surface area contributed by atoms with Crippen LogP contribution < -0.4 is 5.32 Å². The molecule has 0 bridgehead atoms. The van der Waals surface area contributed by atoms with Crippen LogP contribution in [0.5, 0.6) is 0 Å². The first kappa shape index (κ1) is 14.1. The van der Waals surface area contributed by atoms with Crippen LogP contribution in [0.3, 0.4) is 0 Å². The summed E-state index contributed by atoms with van der Waals surface area (Å²) in [5.41, 5.74) is -0.125. The maximum atomic E-state index is 12.3. The van der Waals surface area contributed by atoms with Gasteiger partial charge in [-0.15, -0.1) is 11.3 Å². The molecule has 104 valence electrons.